The molecule has 0 aromatic heterocycles. The van der Waals surface area contributed by atoms with Crippen LogP contribution in [0.3, 0.4) is 0 Å². The predicted octanol–water partition coefficient (Wildman–Crippen LogP) is 1.65. The van der Waals surface area contributed by atoms with Crippen molar-refractivity contribution in [2.24, 2.45) is 5.92 Å². The fourth-order valence-electron chi connectivity index (χ4n) is 2.66. The number of ether oxygens (including phenoxy) is 1. The second kappa shape index (κ2) is 6.26. The van der Waals surface area contributed by atoms with E-state index < -0.39 is 0 Å². The van der Waals surface area contributed by atoms with E-state index in [0.29, 0.717) is 12.4 Å². The Morgan fingerprint density at radius 3 is 2.95 bits per heavy atom. The first-order valence-electron chi connectivity index (χ1n) is 6.91. The summed E-state index contributed by atoms with van der Waals surface area (Å²) >= 11 is 0. The van der Waals surface area contributed by atoms with Gasteiger partial charge >= 0.3 is 0 Å². The van der Waals surface area contributed by atoms with Crippen LogP contribution in [0.5, 0.6) is 11.5 Å². The average molecular weight is 265 g/mol. The molecule has 2 rings (SSSR count). The van der Waals surface area contributed by atoms with Crippen molar-refractivity contribution < 1.29 is 14.9 Å². The van der Waals surface area contributed by atoms with Gasteiger partial charge in [0.05, 0.1) is 12.7 Å². The van der Waals surface area contributed by atoms with E-state index in [9.17, 15) is 10.2 Å². The third kappa shape index (κ3) is 3.61. The van der Waals surface area contributed by atoms with Crippen LogP contribution in [0, 0.1) is 5.92 Å². The normalized spacial score (nSPS) is 24.4. The molecule has 1 aliphatic heterocycles. The maximum atomic E-state index is 10.1. The molecule has 1 fully saturated rings. The van der Waals surface area contributed by atoms with Crippen LogP contribution in [0.15, 0.2) is 18.2 Å². The lowest BCUT2D eigenvalue weighted by molar-refractivity contribution is 0.0366. The van der Waals surface area contributed by atoms with Crippen molar-refractivity contribution in [1.29, 1.82) is 0 Å². The Kier molecular flexibility index (Phi) is 4.66. The minimum absolute atomic E-state index is 0.173. The first-order valence-corrected chi connectivity index (χ1v) is 6.91. The molecule has 4 heteroatoms. The van der Waals surface area contributed by atoms with Crippen molar-refractivity contribution >= 4 is 0 Å². The summed E-state index contributed by atoms with van der Waals surface area (Å²) in [4.78, 5) is 2.25. The maximum absolute atomic E-state index is 10.1. The van der Waals surface area contributed by atoms with Crippen molar-refractivity contribution in [2.75, 3.05) is 26.7 Å². The van der Waals surface area contributed by atoms with E-state index in [1.165, 1.54) is 0 Å². The van der Waals surface area contributed by atoms with Crippen LogP contribution >= 0.6 is 0 Å². The third-order valence-electron chi connectivity index (χ3n) is 3.72. The molecule has 106 valence electrons. The predicted molar refractivity (Wildman–Crippen MR) is 74.6 cm³/mol. The summed E-state index contributed by atoms with van der Waals surface area (Å²) < 4.78 is 5.39. The van der Waals surface area contributed by atoms with E-state index in [-0.39, 0.29) is 17.8 Å². The topological polar surface area (TPSA) is 52.9 Å². The molecule has 1 aromatic carbocycles. The number of likely N-dealkylation sites (tertiary alicyclic amines) is 1. The zero-order chi connectivity index (χ0) is 13.8. The van der Waals surface area contributed by atoms with E-state index in [1.54, 1.807) is 6.07 Å². The number of benzene rings is 1. The molecule has 2 atom stereocenters. The maximum Gasteiger partial charge on any atom is 0.161 e. The molecular weight excluding hydrogens is 242 g/mol. The van der Waals surface area contributed by atoms with Gasteiger partial charge in [-0.3, -0.25) is 0 Å². The first kappa shape index (κ1) is 14.2. The lowest BCUT2D eigenvalue weighted by Crippen LogP contribution is -2.41. The Morgan fingerprint density at radius 2 is 2.21 bits per heavy atom. The number of aromatic hydroxyl groups is 1. The number of phenolic OH excluding ortho intramolecular Hbond substituents is 1. The lowest BCUT2D eigenvalue weighted by atomic mass is 9.89. The van der Waals surface area contributed by atoms with Crippen LogP contribution in [0.1, 0.15) is 18.9 Å². The molecule has 4 nitrogen and oxygen atoms in total. The summed E-state index contributed by atoms with van der Waals surface area (Å²) in [5, 5.41) is 19.8. The Balaban J connectivity index is 2.07. The van der Waals surface area contributed by atoms with Gasteiger partial charge in [0.15, 0.2) is 11.5 Å². The summed E-state index contributed by atoms with van der Waals surface area (Å²) in [5.41, 5.74) is 1.10. The van der Waals surface area contributed by atoms with Gasteiger partial charge in [0.1, 0.15) is 0 Å². The minimum Gasteiger partial charge on any atom is -0.504 e. The van der Waals surface area contributed by atoms with Crippen LogP contribution in [-0.4, -0.2) is 48.0 Å². The highest BCUT2D eigenvalue weighted by molar-refractivity contribution is 5.42. The first-order chi connectivity index (χ1) is 9.10. The standard InChI is InChI=1S/C15H23NO3/c1-3-19-15-9-11(4-5-14(15)18)8-12-10-16(2)7-6-13(12)17/h4-5,9,12-13,17-18H,3,6-8,10H2,1-2H3. The van der Waals surface area contributed by atoms with Gasteiger partial charge in [-0.25, -0.2) is 0 Å². The Bertz CT molecular complexity index is 422. The smallest absolute Gasteiger partial charge is 0.161 e. The monoisotopic (exact) mass is 265 g/mol. The van der Waals surface area contributed by atoms with Gasteiger partial charge in [-0.05, 0) is 44.5 Å². The van der Waals surface area contributed by atoms with E-state index in [2.05, 4.69) is 11.9 Å². The van der Waals surface area contributed by atoms with Crippen LogP contribution < -0.4 is 4.74 Å². The van der Waals surface area contributed by atoms with Crippen molar-refractivity contribution in [1.82, 2.24) is 4.90 Å². The number of hydrogen-bond donors (Lipinski definition) is 2. The van der Waals surface area contributed by atoms with E-state index in [4.69, 9.17) is 4.74 Å². The number of piperidine rings is 1. The average Bonchev–Trinajstić information content (AvgIpc) is 2.38. The van der Waals surface area contributed by atoms with Crippen molar-refractivity contribution in [3.63, 3.8) is 0 Å². The van der Waals surface area contributed by atoms with E-state index in [1.807, 2.05) is 19.1 Å². The van der Waals surface area contributed by atoms with Crippen LogP contribution in [0.25, 0.3) is 0 Å². The number of aliphatic hydroxyl groups excluding tert-OH is 1. The molecule has 0 amide bonds. The highest BCUT2D eigenvalue weighted by Gasteiger charge is 2.26. The summed E-state index contributed by atoms with van der Waals surface area (Å²) in [7, 11) is 2.08. The van der Waals surface area contributed by atoms with Crippen molar-refractivity contribution in [3.8, 4) is 11.5 Å². The van der Waals surface area contributed by atoms with Crippen LogP contribution in [0.2, 0.25) is 0 Å². The Hall–Kier alpha value is -1.26. The second-order valence-electron chi connectivity index (χ2n) is 5.32. The zero-order valence-corrected chi connectivity index (χ0v) is 11.7. The number of phenols is 1. The Labute approximate surface area is 114 Å². The summed E-state index contributed by atoms with van der Waals surface area (Å²) in [6.07, 6.45) is 1.41. The Morgan fingerprint density at radius 1 is 1.42 bits per heavy atom. The minimum atomic E-state index is -0.236. The molecule has 1 saturated heterocycles. The van der Waals surface area contributed by atoms with Gasteiger partial charge < -0.3 is 19.8 Å². The summed E-state index contributed by atoms with van der Waals surface area (Å²) in [5.74, 6) is 0.948. The second-order valence-corrected chi connectivity index (χ2v) is 5.32. The van der Waals surface area contributed by atoms with Gasteiger partial charge in [0, 0.05) is 19.0 Å². The fraction of sp³-hybridized carbons (Fsp3) is 0.600. The van der Waals surface area contributed by atoms with Crippen molar-refractivity contribution in [2.45, 2.75) is 25.9 Å². The fourth-order valence-corrected chi connectivity index (χ4v) is 2.66. The summed E-state index contributed by atoms with van der Waals surface area (Å²) in [6, 6.07) is 5.44. The lowest BCUT2D eigenvalue weighted by Gasteiger charge is -2.34. The van der Waals surface area contributed by atoms with Gasteiger partial charge in [-0.2, -0.15) is 0 Å². The number of rotatable bonds is 4. The van der Waals surface area contributed by atoms with Gasteiger partial charge in [-0.15, -0.1) is 0 Å². The molecule has 0 saturated carbocycles. The van der Waals surface area contributed by atoms with Gasteiger partial charge in [-0.1, -0.05) is 6.07 Å². The van der Waals surface area contributed by atoms with Gasteiger partial charge in [0.25, 0.3) is 0 Å². The number of nitrogens with zero attached hydrogens (tertiary/aromatic N) is 1. The van der Waals surface area contributed by atoms with Gasteiger partial charge in [0.2, 0.25) is 0 Å². The SMILES string of the molecule is CCOc1cc(CC2CN(C)CCC2O)ccc1O. The van der Waals surface area contributed by atoms with Crippen LogP contribution in [0.4, 0.5) is 0 Å². The quantitative estimate of drug-likeness (QED) is 0.869. The molecule has 1 aromatic rings. The molecule has 2 N–H and O–H groups in total. The molecular formula is C15H23NO3. The molecule has 1 heterocycles. The molecule has 0 radical (unpaired) electrons. The summed E-state index contributed by atoms with van der Waals surface area (Å²) in [6.45, 7) is 4.29. The number of aliphatic hydroxyl groups is 1. The largest absolute Gasteiger partial charge is 0.504 e. The van der Waals surface area contributed by atoms with E-state index in [0.717, 1.165) is 31.5 Å². The molecule has 0 aliphatic carbocycles. The molecule has 0 spiro atoms. The molecule has 19 heavy (non-hydrogen) atoms. The highest BCUT2D eigenvalue weighted by Crippen LogP contribution is 2.29. The van der Waals surface area contributed by atoms with Crippen molar-refractivity contribution in [3.05, 3.63) is 23.8 Å². The third-order valence-corrected chi connectivity index (χ3v) is 3.72. The molecule has 0 bridgehead atoms. The number of hydrogen-bond acceptors (Lipinski definition) is 4. The molecule has 1 aliphatic rings. The molecule has 2 unspecified atom stereocenters. The highest BCUT2D eigenvalue weighted by atomic mass is 16.5. The van der Waals surface area contributed by atoms with Crippen LogP contribution in [-0.2, 0) is 6.42 Å². The zero-order valence-electron chi connectivity index (χ0n) is 11.7. The van der Waals surface area contributed by atoms with E-state index >= 15 is 0 Å².